The van der Waals surface area contributed by atoms with Crippen LogP contribution in [0.4, 0.5) is 0 Å². The van der Waals surface area contributed by atoms with Gasteiger partial charge in [-0.15, -0.1) is 0 Å². The van der Waals surface area contributed by atoms with Crippen molar-refractivity contribution in [3.05, 3.63) is 17.5 Å². The molecule has 0 aliphatic heterocycles. The van der Waals surface area contributed by atoms with Crippen LogP contribution in [0.1, 0.15) is 23.7 Å². The number of carbonyl (C=O) groups is 1. The van der Waals surface area contributed by atoms with E-state index in [0.29, 0.717) is 0 Å². The van der Waals surface area contributed by atoms with Crippen molar-refractivity contribution in [3.8, 4) is 0 Å². The van der Waals surface area contributed by atoms with Gasteiger partial charge in [0.15, 0.2) is 0 Å². The van der Waals surface area contributed by atoms with Crippen molar-refractivity contribution in [1.29, 1.82) is 0 Å². The molecule has 0 spiro atoms. The lowest BCUT2D eigenvalue weighted by Crippen LogP contribution is -1.99. The molecule has 1 N–H and O–H groups in total. The van der Waals surface area contributed by atoms with Crippen LogP contribution in [0.15, 0.2) is 6.07 Å². The van der Waals surface area contributed by atoms with E-state index in [4.69, 9.17) is 5.11 Å². The van der Waals surface area contributed by atoms with E-state index in [1.807, 2.05) is 20.0 Å². The molecule has 1 aromatic heterocycles. The lowest BCUT2D eigenvalue weighted by molar-refractivity contribution is -0.138. The molecule has 1 aromatic rings. The van der Waals surface area contributed by atoms with Crippen LogP contribution in [-0.4, -0.2) is 20.9 Å². The van der Waals surface area contributed by atoms with Gasteiger partial charge in [0.1, 0.15) is 0 Å². The van der Waals surface area contributed by atoms with Crippen LogP contribution in [0.5, 0.6) is 0 Å². The van der Waals surface area contributed by atoms with E-state index in [2.05, 4.69) is 5.10 Å². The normalized spacial score (nSPS) is 26.0. The van der Waals surface area contributed by atoms with Gasteiger partial charge in [0.05, 0.1) is 11.6 Å². The summed E-state index contributed by atoms with van der Waals surface area (Å²) < 4.78 is 1.78. The van der Waals surface area contributed by atoms with Crippen molar-refractivity contribution in [1.82, 2.24) is 9.78 Å². The molecule has 4 heteroatoms. The van der Waals surface area contributed by atoms with Gasteiger partial charge < -0.3 is 5.11 Å². The van der Waals surface area contributed by atoms with Gasteiger partial charge >= 0.3 is 5.97 Å². The highest BCUT2D eigenvalue weighted by molar-refractivity contribution is 5.75. The van der Waals surface area contributed by atoms with E-state index in [1.165, 1.54) is 0 Å². The number of hydrogen-bond donors (Lipinski definition) is 1. The molecule has 0 aromatic carbocycles. The average Bonchev–Trinajstić information content (AvgIpc) is 2.76. The predicted molar refractivity (Wildman–Crippen MR) is 46.4 cm³/mol. The summed E-state index contributed by atoms with van der Waals surface area (Å²) >= 11 is 0. The van der Waals surface area contributed by atoms with Crippen molar-refractivity contribution in [3.63, 3.8) is 0 Å². The van der Waals surface area contributed by atoms with Crippen LogP contribution in [0.25, 0.3) is 0 Å². The molecule has 1 aliphatic carbocycles. The zero-order chi connectivity index (χ0) is 9.59. The van der Waals surface area contributed by atoms with Crippen LogP contribution >= 0.6 is 0 Å². The van der Waals surface area contributed by atoms with Gasteiger partial charge in [-0.2, -0.15) is 5.10 Å². The smallest absolute Gasteiger partial charge is 0.307 e. The number of aryl methyl sites for hydroxylation is 2. The highest BCUT2D eigenvalue weighted by atomic mass is 16.4. The van der Waals surface area contributed by atoms with E-state index in [9.17, 15) is 4.79 Å². The van der Waals surface area contributed by atoms with Crippen molar-refractivity contribution in [2.24, 2.45) is 13.0 Å². The number of nitrogens with zero attached hydrogens (tertiary/aromatic N) is 2. The predicted octanol–water partition coefficient (Wildman–Crippen LogP) is 0.917. The summed E-state index contributed by atoms with van der Waals surface area (Å²) in [4.78, 5) is 10.6. The zero-order valence-corrected chi connectivity index (χ0v) is 7.69. The molecule has 2 rings (SSSR count). The van der Waals surface area contributed by atoms with Crippen molar-refractivity contribution in [2.45, 2.75) is 19.3 Å². The third kappa shape index (κ3) is 1.32. The summed E-state index contributed by atoms with van der Waals surface area (Å²) in [5, 5.41) is 13.0. The zero-order valence-electron chi connectivity index (χ0n) is 7.69. The molecule has 0 radical (unpaired) electrons. The minimum Gasteiger partial charge on any atom is -0.481 e. The number of hydrogen-bond acceptors (Lipinski definition) is 2. The summed E-state index contributed by atoms with van der Waals surface area (Å²) in [5.74, 6) is -0.750. The molecule has 1 saturated carbocycles. The fraction of sp³-hybridized carbons (Fsp3) is 0.556. The Morgan fingerprint density at radius 1 is 1.77 bits per heavy atom. The molecular formula is C9H12N2O2. The number of carboxylic acid groups (broad SMARTS) is 1. The molecule has 2 atom stereocenters. The highest BCUT2D eigenvalue weighted by Crippen LogP contribution is 2.46. The largest absolute Gasteiger partial charge is 0.481 e. The first-order valence-electron chi connectivity index (χ1n) is 4.33. The van der Waals surface area contributed by atoms with Gasteiger partial charge in [0.25, 0.3) is 0 Å². The van der Waals surface area contributed by atoms with E-state index in [-0.39, 0.29) is 11.8 Å². The summed E-state index contributed by atoms with van der Waals surface area (Å²) in [5.41, 5.74) is 2.00. The Kier molecular flexibility index (Phi) is 1.65. The van der Waals surface area contributed by atoms with Crippen LogP contribution < -0.4 is 0 Å². The van der Waals surface area contributed by atoms with Gasteiger partial charge in [-0.25, -0.2) is 0 Å². The fourth-order valence-electron chi connectivity index (χ4n) is 1.56. The monoisotopic (exact) mass is 180 g/mol. The summed E-state index contributed by atoms with van der Waals surface area (Å²) in [6, 6.07) is 1.97. The topological polar surface area (TPSA) is 55.1 Å². The summed E-state index contributed by atoms with van der Waals surface area (Å²) in [6.07, 6.45) is 0.742. The maximum atomic E-state index is 10.6. The number of aromatic nitrogens is 2. The second kappa shape index (κ2) is 2.58. The first-order valence-corrected chi connectivity index (χ1v) is 4.33. The lowest BCUT2D eigenvalue weighted by atomic mass is 10.2. The molecule has 1 fully saturated rings. The SMILES string of the molecule is Cc1cc(C2CC2C(=O)O)nn1C. The Balaban J connectivity index is 2.16. The maximum Gasteiger partial charge on any atom is 0.307 e. The Labute approximate surface area is 76.2 Å². The number of aliphatic carboxylic acids is 1. The molecule has 0 bridgehead atoms. The molecule has 1 aliphatic rings. The number of rotatable bonds is 2. The molecule has 2 unspecified atom stereocenters. The summed E-state index contributed by atoms with van der Waals surface area (Å²) in [7, 11) is 1.87. The van der Waals surface area contributed by atoms with E-state index in [0.717, 1.165) is 17.8 Å². The van der Waals surface area contributed by atoms with Crippen molar-refractivity contribution in [2.75, 3.05) is 0 Å². The van der Waals surface area contributed by atoms with E-state index < -0.39 is 5.97 Å². The third-order valence-electron chi connectivity index (χ3n) is 2.62. The summed E-state index contributed by atoms with van der Waals surface area (Å²) in [6.45, 7) is 1.97. The maximum absolute atomic E-state index is 10.6. The minimum atomic E-state index is -0.701. The van der Waals surface area contributed by atoms with Gasteiger partial charge in [-0.1, -0.05) is 0 Å². The Hall–Kier alpha value is -1.32. The van der Waals surface area contributed by atoms with Gasteiger partial charge in [-0.05, 0) is 19.4 Å². The molecule has 0 amide bonds. The van der Waals surface area contributed by atoms with Crippen LogP contribution in [0.3, 0.4) is 0 Å². The van der Waals surface area contributed by atoms with Crippen LogP contribution in [0.2, 0.25) is 0 Å². The van der Waals surface area contributed by atoms with E-state index in [1.54, 1.807) is 4.68 Å². The minimum absolute atomic E-state index is 0.150. The standard InChI is InChI=1S/C9H12N2O2/c1-5-3-8(10-11(5)2)6-4-7(6)9(12)13/h3,6-7H,4H2,1-2H3,(H,12,13). The van der Waals surface area contributed by atoms with Crippen LogP contribution in [-0.2, 0) is 11.8 Å². The lowest BCUT2D eigenvalue weighted by Gasteiger charge is -1.90. The quantitative estimate of drug-likeness (QED) is 0.736. The molecule has 0 saturated heterocycles. The Morgan fingerprint density at radius 3 is 2.85 bits per heavy atom. The number of carboxylic acids is 1. The van der Waals surface area contributed by atoms with Gasteiger partial charge in [0.2, 0.25) is 0 Å². The third-order valence-corrected chi connectivity index (χ3v) is 2.62. The average molecular weight is 180 g/mol. The van der Waals surface area contributed by atoms with Crippen molar-refractivity contribution >= 4 is 5.97 Å². The second-order valence-electron chi connectivity index (χ2n) is 3.62. The Bertz CT molecular complexity index is 337. The van der Waals surface area contributed by atoms with Crippen LogP contribution in [0, 0.1) is 12.8 Å². The first-order chi connectivity index (χ1) is 6.09. The van der Waals surface area contributed by atoms with Crippen molar-refractivity contribution < 1.29 is 9.90 Å². The molecule has 70 valence electrons. The Morgan fingerprint density at radius 2 is 2.46 bits per heavy atom. The highest BCUT2D eigenvalue weighted by Gasteiger charge is 2.45. The second-order valence-corrected chi connectivity index (χ2v) is 3.62. The van der Waals surface area contributed by atoms with Gasteiger partial charge in [-0.3, -0.25) is 9.48 Å². The molecule has 13 heavy (non-hydrogen) atoms. The van der Waals surface area contributed by atoms with Gasteiger partial charge in [0, 0.05) is 18.7 Å². The molecular weight excluding hydrogens is 168 g/mol. The fourth-order valence-corrected chi connectivity index (χ4v) is 1.56. The van der Waals surface area contributed by atoms with E-state index >= 15 is 0 Å². The molecule has 1 heterocycles. The first kappa shape index (κ1) is 8.29. The molecule has 4 nitrogen and oxygen atoms in total.